The number of aryl methyl sites for hydroxylation is 1. The first-order chi connectivity index (χ1) is 6.20. The summed E-state index contributed by atoms with van der Waals surface area (Å²) in [5, 5.41) is 3.67. The third-order valence-corrected chi connectivity index (χ3v) is 2.82. The van der Waals surface area contributed by atoms with E-state index >= 15 is 0 Å². The van der Waals surface area contributed by atoms with Crippen molar-refractivity contribution < 1.29 is 4.39 Å². The maximum Gasteiger partial charge on any atom is 0.132 e. The number of benzene rings is 1. The molecule has 0 unspecified atom stereocenters. The van der Waals surface area contributed by atoms with Crippen LogP contribution in [0.15, 0.2) is 12.1 Å². The molecule has 1 N–H and O–H groups in total. The van der Waals surface area contributed by atoms with Crippen LogP contribution in [-0.2, 0) is 0 Å². The van der Waals surface area contributed by atoms with Gasteiger partial charge in [-0.15, -0.1) is 12.4 Å². The summed E-state index contributed by atoms with van der Waals surface area (Å²) < 4.78 is 13.6. The van der Waals surface area contributed by atoms with Crippen molar-refractivity contribution in [3.8, 4) is 0 Å². The first-order valence-electron chi connectivity index (χ1n) is 4.38. The van der Waals surface area contributed by atoms with E-state index in [4.69, 9.17) is 11.6 Å². The van der Waals surface area contributed by atoms with Crippen molar-refractivity contribution >= 4 is 24.0 Å². The van der Waals surface area contributed by atoms with E-state index in [9.17, 15) is 4.39 Å². The van der Waals surface area contributed by atoms with Crippen LogP contribution >= 0.6 is 24.0 Å². The first kappa shape index (κ1) is 11.8. The van der Waals surface area contributed by atoms with Crippen molar-refractivity contribution in [2.75, 3.05) is 6.54 Å². The SMILES string of the molecule is Cc1ccc(Cl)c([C@@H]2CCN2)c1F.Cl. The van der Waals surface area contributed by atoms with Gasteiger partial charge in [-0.05, 0) is 31.5 Å². The number of rotatable bonds is 1. The number of hydrogen-bond acceptors (Lipinski definition) is 1. The lowest BCUT2D eigenvalue weighted by Gasteiger charge is -2.29. The molecule has 78 valence electrons. The van der Waals surface area contributed by atoms with E-state index < -0.39 is 0 Å². The summed E-state index contributed by atoms with van der Waals surface area (Å²) in [5.74, 6) is -0.162. The second-order valence-electron chi connectivity index (χ2n) is 3.39. The molecule has 1 atom stereocenters. The molecule has 0 amide bonds. The van der Waals surface area contributed by atoms with E-state index in [0.29, 0.717) is 16.1 Å². The quantitative estimate of drug-likeness (QED) is 0.789. The summed E-state index contributed by atoms with van der Waals surface area (Å²) in [4.78, 5) is 0. The Kier molecular flexibility index (Phi) is 3.76. The van der Waals surface area contributed by atoms with Crippen LogP contribution in [-0.4, -0.2) is 6.54 Å². The molecule has 14 heavy (non-hydrogen) atoms. The van der Waals surface area contributed by atoms with E-state index in [1.54, 1.807) is 19.1 Å². The second-order valence-corrected chi connectivity index (χ2v) is 3.79. The van der Waals surface area contributed by atoms with Gasteiger partial charge in [-0.1, -0.05) is 17.7 Å². The summed E-state index contributed by atoms with van der Waals surface area (Å²) >= 11 is 5.93. The molecule has 2 rings (SSSR count). The van der Waals surface area contributed by atoms with Gasteiger partial charge in [0.2, 0.25) is 0 Å². The van der Waals surface area contributed by atoms with Gasteiger partial charge in [0.25, 0.3) is 0 Å². The minimum absolute atomic E-state index is 0. The van der Waals surface area contributed by atoms with Crippen molar-refractivity contribution in [3.63, 3.8) is 0 Å². The van der Waals surface area contributed by atoms with Gasteiger partial charge >= 0.3 is 0 Å². The maximum atomic E-state index is 13.6. The number of hydrogen-bond donors (Lipinski definition) is 1. The lowest BCUT2D eigenvalue weighted by atomic mass is 9.96. The van der Waals surface area contributed by atoms with E-state index in [2.05, 4.69) is 5.32 Å². The molecule has 1 heterocycles. The number of halogens is 3. The summed E-state index contributed by atoms with van der Waals surface area (Å²) in [6, 6.07) is 3.59. The second kappa shape index (κ2) is 4.47. The van der Waals surface area contributed by atoms with Crippen molar-refractivity contribution in [2.24, 2.45) is 0 Å². The zero-order chi connectivity index (χ0) is 9.42. The van der Waals surface area contributed by atoms with E-state index in [1.807, 2.05) is 0 Å². The van der Waals surface area contributed by atoms with Crippen LogP contribution in [0.25, 0.3) is 0 Å². The Balaban J connectivity index is 0.000000980. The molecule has 1 aromatic rings. The van der Waals surface area contributed by atoms with Gasteiger partial charge in [0.1, 0.15) is 5.82 Å². The molecular formula is C10H12Cl2FN. The van der Waals surface area contributed by atoms with Crippen LogP contribution in [0.1, 0.15) is 23.6 Å². The smallest absolute Gasteiger partial charge is 0.132 e. The Hall–Kier alpha value is -0.310. The molecule has 0 saturated carbocycles. The highest BCUT2D eigenvalue weighted by molar-refractivity contribution is 6.31. The Bertz CT molecular complexity index is 337. The average Bonchev–Trinajstić information content (AvgIpc) is 2.02. The molecule has 1 aliphatic rings. The monoisotopic (exact) mass is 235 g/mol. The van der Waals surface area contributed by atoms with Gasteiger partial charge in [0.05, 0.1) is 0 Å². The number of nitrogens with one attached hydrogen (secondary N) is 1. The van der Waals surface area contributed by atoms with Crippen molar-refractivity contribution in [2.45, 2.75) is 19.4 Å². The normalized spacial score (nSPS) is 19.8. The molecular weight excluding hydrogens is 224 g/mol. The maximum absolute atomic E-state index is 13.6. The predicted molar refractivity (Wildman–Crippen MR) is 58.8 cm³/mol. The molecule has 0 aromatic heterocycles. The van der Waals surface area contributed by atoms with E-state index in [0.717, 1.165) is 13.0 Å². The molecule has 4 heteroatoms. The van der Waals surface area contributed by atoms with Crippen LogP contribution in [0, 0.1) is 12.7 Å². The van der Waals surface area contributed by atoms with Crippen molar-refractivity contribution in [1.29, 1.82) is 0 Å². The zero-order valence-corrected chi connectivity index (χ0v) is 9.38. The van der Waals surface area contributed by atoms with Gasteiger partial charge in [0, 0.05) is 16.6 Å². The average molecular weight is 236 g/mol. The van der Waals surface area contributed by atoms with Crippen molar-refractivity contribution in [3.05, 3.63) is 34.1 Å². The highest BCUT2D eigenvalue weighted by atomic mass is 35.5. The Morgan fingerprint density at radius 2 is 2.14 bits per heavy atom. The standard InChI is InChI=1S/C10H11ClFN.ClH/c1-6-2-3-7(11)9(10(6)12)8-4-5-13-8;/h2-3,8,13H,4-5H2,1H3;1H/t8-;/m0./s1. The first-order valence-corrected chi connectivity index (χ1v) is 4.76. The molecule has 0 radical (unpaired) electrons. The van der Waals surface area contributed by atoms with Crippen LogP contribution in [0.5, 0.6) is 0 Å². The van der Waals surface area contributed by atoms with Gasteiger partial charge in [-0.2, -0.15) is 0 Å². The molecule has 1 nitrogen and oxygen atoms in total. The van der Waals surface area contributed by atoms with Gasteiger partial charge in [-0.25, -0.2) is 4.39 Å². The molecule has 0 spiro atoms. The Morgan fingerprint density at radius 3 is 2.64 bits per heavy atom. The van der Waals surface area contributed by atoms with Crippen LogP contribution in [0.3, 0.4) is 0 Å². The highest BCUT2D eigenvalue weighted by Crippen LogP contribution is 2.32. The largest absolute Gasteiger partial charge is 0.310 e. The van der Waals surface area contributed by atoms with E-state index in [-0.39, 0.29) is 24.3 Å². The Labute approximate surface area is 94.1 Å². The topological polar surface area (TPSA) is 12.0 Å². The van der Waals surface area contributed by atoms with Crippen LogP contribution in [0.2, 0.25) is 5.02 Å². The molecule has 0 aliphatic carbocycles. The van der Waals surface area contributed by atoms with Crippen LogP contribution in [0.4, 0.5) is 4.39 Å². The fraction of sp³-hybridized carbons (Fsp3) is 0.400. The lowest BCUT2D eigenvalue weighted by molar-refractivity contribution is 0.370. The highest BCUT2D eigenvalue weighted by Gasteiger charge is 2.24. The minimum atomic E-state index is -0.162. The minimum Gasteiger partial charge on any atom is -0.310 e. The molecule has 0 bridgehead atoms. The fourth-order valence-electron chi connectivity index (χ4n) is 1.53. The fourth-order valence-corrected chi connectivity index (χ4v) is 1.81. The summed E-state index contributed by atoms with van der Waals surface area (Å²) in [5.41, 5.74) is 1.29. The lowest BCUT2D eigenvalue weighted by Crippen LogP contribution is -2.35. The zero-order valence-electron chi connectivity index (χ0n) is 7.81. The third-order valence-electron chi connectivity index (χ3n) is 2.49. The molecule has 1 aromatic carbocycles. The third kappa shape index (κ3) is 1.88. The van der Waals surface area contributed by atoms with Gasteiger partial charge < -0.3 is 5.32 Å². The van der Waals surface area contributed by atoms with Gasteiger partial charge in [0.15, 0.2) is 0 Å². The Morgan fingerprint density at radius 1 is 1.50 bits per heavy atom. The summed E-state index contributed by atoms with van der Waals surface area (Å²) in [6.45, 7) is 2.71. The summed E-state index contributed by atoms with van der Waals surface area (Å²) in [7, 11) is 0. The predicted octanol–water partition coefficient (Wildman–Crippen LogP) is 3.24. The molecule has 1 saturated heterocycles. The van der Waals surface area contributed by atoms with Crippen LogP contribution < -0.4 is 5.32 Å². The molecule has 1 aliphatic heterocycles. The van der Waals surface area contributed by atoms with Crippen molar-refractivity contribution in [1.82, 2.24) is 5.32 Å². The van der Waals surface area contributed by atoms with E-state index in [1.165, 1.54) is 0 Å². The summed E-state index contributed by atoms with van der Waals surface area (Å²) in [6.07, 6.45) is 0.972. The van der Waals surface area contributed by atoms with Gasteiger partial charge in [-0.3, -0.25) is 0 Å². The molecule has 1 fully saturated rings.